The summed E-state index contributed by atoms with van der Waals surface area (Å²) >= 11 is 0. The molecule has 1 amide bonds. The lowest BCUT2D eigenvalue weighted by molar-refractivity contribution is -0.122. The van der Waals surface area contributed by atoms with Crippen molar-refractivity contribution in [1.82, 2.24) is 9.80 Å². The molecule has 5 nitrogen and oxygen atoms in total. The van der Waals surface area contributed by atoms with E-state index in [4.69, 9.17) is 11.5 Å². The highest BCUT2D eigenvalue weighted by atomic mass is 16.1. The van der Waals surface area contributed by atoms with E-state index in [-0.39, 0.29) is 0 Å². The summed E-state index contributed by atoms with van der Waals surface area (Å²) < 4.78 is 0. The predicted octanol–water partition coefficient (Wildman–Crippen LogP) is 0.387. The van der Waals surface area contributed by atoms with E-state index in [2.05, 4.69) is 16.7 Å². The van der Waals surface area contributed by atoms with Gasteiger partial charge in [0.2, 0.25) is 5.91 Å². The van der Waals surface area contributed by atoms with Crippen molar-refractivity contribution in [3.05, 3.63) is 0 Å². The lowest BCUT2D eigenvalue weighted by Gasteiger charge is -2.34. The van der Waals surface area contributed by atoms with E-state index in [0.29, 0.717) is 6.42 Å². The maximum Gasteiger partial charge on any atom is 0.237 e. The van der Waals surface area contributed by atoms with Gasteiger partial charge in [-0.15, -0.1) is 0 Å². The van der Waals surface area contributed by atoms with Crippen molar-refractivity contribution in [3.63, 3.8) is 0 Å². The molecule has 1 fully saturated rings. The van der Waals surface area contributed by atoms with Gasteiger partial charge in [0.1, 0.15) is 0 Å². The number of nitrogens with zero attached hydrogens (tertiary/aromatic N) is 2. The van der Waals surface area contributed by atoms with Gasteiger partial charge in [-0.05, 0) is 45.7 Å². The number of rotatable bonds is 8. The molecule has 1 saturated heterocycles. The lowest BCUT2D eigenvalue weighted by atomic mass is 9.95. The van der Waals surface area contributed by atoms with Gasteiger partial charge in [-0.25, -0.2) is 0 Å². The minimum atomic E-state index is -0.847. The van der Waals surface area contributed by atoms with Crippen molar-refractivity contribution in [3.8, 4) is 0 Å². The van der Waals surface area contributed by atoms with Gasteiger partial charge in [-0.1, -0.05) is 6.92 Å². The first kappa shape index (κ1) is 16.4. The summed E-state index contributed by atoms with van der Waals surface area (Å²) in [5, 5.41) is 0. The van der Waals surface area contributed by atoms with Gasteiger partial charge in [0.05, 0.1) is 5.54 Å². The van der Waals surface area contributed by atoms with Crippen LogP contribution < -0.4 is 11.5 Å². The van der Waals surface area contributed by atoms with Crippen molar-refractivity contribution in [2.75, 3.05) is 39.3 Å². The molecule has 1 rings (SSSR count). The van der Waals surface area contributed by atoms with Crippen LogP contribution in [0.3, 0.4) is 0 Å². The van der Waals surface area contributed by atoms with E-state index in [0.717, 1.165) is 32.5 Å². The molecule has 19 heavy (non-hydrogen) atoms. The van der Waals surface area contributed by atoms with Crippen LogP contribution >= 0.6 is 0 Å². The Bertz CT molecular complexity index is 273. The number of primary amides is 1. The summed E-state index contributed by atoms with van der Waals surface area (Å²) in [6.45, 7) is 11.0. The van der Waals surface area contributed by atoms with Gasteiger partial charge in [0.15, 0.2) is 0 Å². The number of piperazine rings is 1. The van der Waals surface area contributed by atoms with Gasteiger partial charge in [-0.3, -0.25) is 4.79 Å². The highest BCUT2D eigenvalue weighted by molar-refractivity contribution is 5.83. The molecule has 1 aliphatic heterocycles. The summed E-state index contributed by atoms with van der Waals surface area (Å²) in [5.74, 6) is -0.402. The zero-order valence-electron chi connectivity index (χ0n) is 12.5. The van der Waals surface area contributed by atoms with E-state index >= 15 is 0 Å². The molecule has 0 aromatic carbocycles. The fourth-order valence-corrected chi connectivity index (χ4v) is 2.50. The van der Waals surface area contributed by atoms with Crippen LogP contribution in [0.25, 0.3) is 0 Å². The van der Waals surface area contributed by atoms with E-state index in [1.54, 1.807) is 6.92 Å². The molecule has 0 saturated carbocycles. The number of unbranched alkanes of at least 4 members (excludes halogenated alkanes) is 1. The quantitative estimate of drug-likeness (QED) is 0.626. The van der Waals surface area contributed by atoms with Crippen molar-refractivity contribution in [1.29, 1.82) is 0 Å². The Morgan fingerprint density at radius 1 is 1.11 bits per heavy atom. The molecule has 0 aromatic heterocycles. The zero-order chi connectivity index (χ0) is 14.3. The van der Waals surface area contributed by atoms with Crippen molar-refractivity contribution in [2.45, 2.75) is 45.1 Å². The molecule has 0 aliphatic carbocycles. The smallest absolute Gasteiger partial charge is 0.237 e. The van der Waals surface area contributed by atoms with Crippen molar-refractivity contribution in [2.24, 2.45) is 11.5 Å². The van der Waals surface area contributed by atoms with Gasteiger partial charge in [0.25, 0.3) is 0 Å². The minimum absolute atomic E-state index is 0.402. The summed E-state index contributed by atoms with van der Waals surface area (Å²) in [4.78, 5) is 16.1. The van der Waals surface area contributed by atoms with Crippen molar-refractivity contribution >= 4 is 5.91 Å². The number of amides is 1. The molecule has 1 unspecified atom stereocenters. The first-order valence-corrected chi connectivity index (χ1v) is 7.49. The van der Waals surface area contributed by atoms with Crippen LogP contribution in [-0.2, 0) is 4.79 Å². The normalized spacial score (nSPS) is 21.2. The monoisotopic (exact) mass is 270 g/mol. The van der Waals surface area contributed by atoms with Gasteiger partial charge in [0, 0.05) is 26.2 Å². The number of carbonyl (C=O) groups is 1. The zero-order valence-corrected chi connectivity index (χ0v) is 12.5. The maximum absolute atomic E-state index is 11.1. The van der Waals surface area contributed by atoms with E-state index in [9.17, 15) is 4.79 Å². The van der Waals surface area contributed by atoms with Crippen LogP contribution in [0.5, 0.6) is 0 Å². The molecule has 0 bridgehead atoms. The third-order valence-electron chi connectivity index (χ3n) is 3.99. The molecule has 4 N–H and O–H groups in total. The third kappa shape index (κ3) is 5.89. The molecule has 112 valence electrons. The summed E-state index contributed by atoms with van der Waals surface area (Å²) in [7, 11) is 0. The van der Waals surface area contributed by atoms with E-state index < -0.39 is 11.4 Å². The maximum atomic E-state index is 11.1. The van der Waals surface area contributed by atoms with Gasteiger partial charge in [-0.2, -0.15) is 0 Å². The molecule has 0 spiro atoms. The fraction of sp³-hybridized carbons (Fsp3) is 0.929. The van der Waals surface area contributed by atoms with Crippen LogP contribution in [0.15, 0.2) is 0 Å². The number of hydrogen-bond donors (Lipinski definition) is 2. The van der Waals surface area contributed by atoms with E-state index in [1.165, 1.54) is 26.1 Å². The highest BCUT2D eigenvalue weighted by Gasteiger charge is 2.24. The predicted molar refractivity (Wildman–Crippen MR) is 78.8 cm³/mol. The number of nitrogens with two attached hydrogens (primary N) is 2. The molecule has 1 heterocycles. The molecule has 1 aliphatic rings. The van der Waals surface area contributed by atoms with Crippen LogP contribution in [0, 0.1) is 0 Å². The Morgan fingerprint density at radius 3 is 2.11 bits per heavy atom. The summed E-state index contributed by atoms with van der Waals surface area (Å²) in [5.41, 5.74) is 10.2. The summed E-state index contributed by atoms with van der Waals surface area (Å²) in [6, 6.07) is 0. The third-order valence-corrected chi connectivity index (χ3v) is 3.99. The highest BCUT2D eigenvalue weighted by Crippen LogP contribution is 2.11. The van der Waals surface area contributed by atoms with Gasteiger partial charge < -0.3 is 21.3 Å². The first-order chi connectivity index (χ1) is 8.95. The summed E-state index contributed by atoms with van der Waals surface area (Å²) in [6.07, 6.45) is 3.97. The van der Waals surface area contributed by atoms with E-state index in [1.807, 2.05) is 0 Å². The average Bonchev–Trinajstić information content (AvgIpc) is 2.37. The fourth-order valence-electron chi connectivity index (χ4n) is 2.50. The second-order valence-electron chi connectivity index (χ2n) is 5.92. The first-order valence-electron chi connectivity index (χ1n) is 7.49. The minimum Gasteiger partial charge on any atom is -0.368 e. The van der Waals surface area contributed by atoms with Crippen LogP contribution in [0.4, 0.5) is 0 Å². The van der Waals surface area contributed by atoms with Crippen LogP contribution in [0.1, 0.15) is 39.5 Å². The second-order valence-corrected chi connectivity index (χ2v) is 5.92. The Hall–Kier alpha value is -0.650. The topological polar surface area (TPSA) is 75.6 Å². The molecule has 0 radical (unpaired) electrons. The Labute approximate surface area is 117 Å². The second kappa shape index (κ2) is 7.82. The van der Waals surface area contributed by atoms with Crippen molar-refractivity contribution < 1.29 is 4.79 Å². The molecule has 1 atom stereocenters. The molecule has 0 aromatic rings. The number of carbonyl (C=O) groups excluding carboxylic acids is 1. The lowest BCUT2D eigenvalue weighted by Crippen LogP contribution is -2.49. The van der Waals surface area contributed by atoms with Crippen LogP contribution in [-0.4, -0.2) is 60.5 Å². The average molecular weight is 270 g/mol. The van der Waals surface area contributed by atoms with Crippen LogP contribution in [0.2, 0.25) is 0 Å². The molecular formula is C14H30N4O. The Kier molecular flexibility index (Phi) is 6.75. The Balaban J connectivity index is 2.10. The molecule has 5 heteroatoms. The number of hydrogen-bond acceptors (Lipinski definition) is 4. The molecular weight excluding hydrogens is 240 g/mol. The SMILES string of the molecule is CCCN1CCN(CCCCC(C)(N)C(N)=O)CC1. The Morgan fingerprint density at radius 2 is 1.63 bits per heavy atom. The van der Waals surface area contributed by atoms with Gasteiger partial charge >= 0.3 is 0 Å². The standard InChI is InChI=1S/C14H30N4O/c1-3-7-17-9-11-18(12-10-17)8-5-4-6-14(2,16)13(15)19/h3-12,16H2,1-2H3,(H2,15,19). The largest absolute Gasteiger partial charge is 0.368 e.